The predicted octanol–water partition coefficient (Wildman–Crippen LogP) is 1.76. The fourth-order valence-electron chi connectivity index (χ4n) is 1.45. The third-order valence-electron chi connectivity index (χ3n) is 2.68. The highest BCUT2D eigenvalue weighted by Gasteiger charge is 2.14. The zero-order valence-electron chi connectivity index (χ0n) is 11.3. The Bertz CT molecular complexity index is 505. The Morgan fingerprint density at radius 1 is 1.45 bits per heavy atom. The fourth-order valence-corrected chi connectivity index (χ4v) is 1.45. The summed E-state index contributed by atoms with van der Waals surface area (Å²) in [5.74, 6) is -1.92. The molecule has 1 aromatic carbocycles. The molecular formula is C13H17FN2O4. The van der Waals surface area contributed by atoms with Crippen molar-refractivity contribution < 1.29 is 24.2 Å². The highest BCUT2D eigenvalue weighted by atomic mass is 19.1. The third-order valence-corrected chi connectivity index (χ3v) is 2.68. The molecule has 0 aliphatic carbocycles. The third kappa shape index (κ3) is 4.51. The van der Waals surface area contributed by atoms with E-state index in [-0.39, 0.29) is 11.3 Å². The van der Waals surface area contributed by atoms with E-state index >= 15 is 0 Å². The van der Waals surface area contributed by atoms with Gasteiger partial charge in [-0.3, -0.25) is 0 Å². The van der Waals surface area contributed by atoms with Gasteiger partial charge in [0.15, 0.2) is 0 Å². The van der Waals surface area contributed by atoms with Crippen molar-refractivity contribution >= 4 is 17.7 Å². The summed E-state index contributed by atoms with van der Waals surface area (Å²) in [5.41, 5.74) is -0.313. The number of aliphatic hydroxyl groups is 1. The maximum Gasteiger partial charge on any atom is 0.335 e. The number of rotatable bonds is 5. The molecule has 2 amide bonds. The van der Waals surface area contributed by atoms with Gasteiger partial charge in [0.25, 0.3) is 0 Å². The zero-order chi connectivity index (χ0) is 15.3. The van der Waals surface area contributed by atoms with Crippen LogP contribution in [0.1, 0.15) is 23.7 Å². The van der Waals surface area contributed by atoms with Crippen LogP contribution in [0.4, 0.5) is 14.9 Å². The highest BCUT2D eigenvalue weighted by molar-refractivity contribution is 5.93. The normalized spacial score (nSPS) is 11.8. The number of carbonyl (C=O) groups excluding carboxylic acids is 1. The zero-order valence-corrected chi connectivity index (χ0v) is 11.3. The van der Waals surface area contributed by atoms with Crippen LogP contribution in [-0.4, -0.2) is 46.8 Å². The number of hydrogen-bond donors (Lipinski definition) is 3. The highest BCUT2D eigenvalue weighted by Crippen LogP contribution is 2.16. The first-order valence-electron chi connectivity index (χ1n) is 6.04. The topological polar surface area (TPSA) is 89.9 Å². The number of anilines is 1. The molecule has 0 aliphatic rings. The van der Waals surface area contributed by atoms with E-state index in [1.54, 1.807) is 6.92 Å². The van der Waals surface area contributed by atoms with Crippen molar-refractivity contribution in [2.24, 2.45) is 0 Å². The molecule has 110 valence electrons. The van der Waals surface area contributed by atoms with E-state index in [0.717, 1.165) is 18.2 Å². The van der Waals surface area contributed by atoms with Crippen molar-refractivity contribution in [2.75, 3.05) is 18.9 Å². The number of nitrogens with one attached hydrogen (secondary N) is 1. The van der Waals surface area contributed by atoms with E-state index in [9.17, 15) is 14.0 Å². The van der Waals surface area contributed by atoms with Crippen LogP contribution >= 0.6 is 0 Å². The molecule has 0 bridgehead atoms. The first-order chi connectivity index (χ1) is 9.31. The number of amides is 2. The molecule has 0 heterocycles. The lowest BCUT2D eigenvalue weighted by Gasteiger charge is -2.19. The van der Waals surface area contributed by atoms with Gasteiger partial charge in [-0.25, -0.2) is 14.0 Å². The summed E-state index contributed by atoms with van der Waals surface area (Å²) in [6.07, 6.45) is -0.154. The van der Waals surface area contributed by atoms with Crippen molar-refractivity contribution in [3.05, 3.63) is 29.6 Å². The van der Waals surface area contributed by atoms with Crippen LogP contribution in [0, 0.1) is 5.82 Å². The van der Waals surface area contributed by atoms with Gasteiger partial charge in [0.2, 0.25) is 0 Å². The predicted molar refractivity (Wildman–Crippen MR) is 71.3 cm³/mol. The molecule has 0 aromatic heterocycles. The van der Waals surface area contributed by atoms with Crippen molar-refractivity contribution in [1.82, 2.24) is 4.90 Å². The maximum atomic E-state index is 13.5. The molecule has 1 rings (SSSR count). The Hall–Kier alpha value is -2.15. The van der Waals surface area contributed by atoms with Gasteiger partial charge in [-0.1, -0.05) is 0 Å². The Labute approximate surface area is 115 Å². The van der Waals surface area contributed by atoms with Crippen LogP contribution in [0.15, 0.2) is 18.2 Å². The summed E-state index contributed by atoms with van der Waals surface area (Å²) in [6.45, 7) is 1.89. The first-order valence-corrected chi connectivity index (χ1v) is 6.04. The largest absolute Gasteiger partial charge is 0.478 e. The summed E-state index contributed by atoms with van der Waals surface area (Å²) in [7, 11) is 1.50. The van der Waals surface area contributed by atoms with Crippen LogP contribution in [0.3, 0.4) is 0 Å². The number of carboxylic acids is 1. The van der Waals surface area contributed by atoms with E-state index in [0.29, 0.717) is 13.0 Å². The van der Waals surface area contributed by atoms with Crippen LogP contribution < -0.4 is 5.32 Å². The van der Waals surface area contributed by atoms with Crippen LogP contribution in [-0.2, 0) is 0 Å². The molecule has 1 aromatic rings. The van der Waals surface area contributed by atoms with Crippen LogP contribution in [0.25, 0.3) is 0 Å². The Morgan fingerprint density at radius 3 is 2.65 bits per heavy atom. The van der Waals surface area contributed by atoms with Gasteiger partial charge in [-0.05, 0) is 31.5 Å². The number of urea groups is 1. The van der Waals surface area contributed by atoms with E-state index in [2.05, 4.69) is 5.32 Å². The lowest BCUT2D eigenvalue weighted by Crippen LogP contribution is -2.33. The molecule has 20 heavy (non-hydrogen) atoms. The number of benzene rings is 1. The summed E-state index contributed by atoms with van der Waals surface area (Å²) in [6, 6.07) is 2.57. The van der Waals surface area contributed by atoms with Crippen molar-refractivity contribution in [2.45, 2.75) is 19.4 Å². The second-order valence-electron chi connectivity index (χ2n) is 4.49. The van der Waals surface area contributed by atoms with Gasteiger partial charge in [0, 0.05) is 13.6 Å². The summed E-state index contributed by atoms with van der Waals surface area (Å²) >= 11 is 0. The van der Waals surface area contributed by atoms with Crippen molar-refractivity contribution in [1.29, 1.82) is 0 Å². The monoisotopic (exact) mass is 284 g/mol. The number of carboxylic acid groups (broad SMARTS) is 1. The quantitative estimate of drug-likeness (QED) is 0.768. The number of aromatic carboxylic acids is 1. The van der Waals surface area contributed by atoms with E-state index in [1.165, 1.54) is 11.9 Å². The van der Waals surface area contributed by atoms with Gasteiger partial charge < -0.3 is 20.4 Å². The van der Waals surface area contributed by atoms with E-state index in [1.807, 2.05) is 0 Å². The Balaban J connectivity index is 2.74. The summed E-state index contributed by atoms with van der Waals surface area (Å²) in [4.78, 5) is 23.8. The molecule has 0 saturated heterocycles. The van der Waals surface area contributed by atoms with Gasteiger partial charge in [-0.2, -0.15) is 0 Å². The Morgan fingerprint density at radius 2 is 2.10 bits per heavy atom. The number of aliphatic hydroxyl groups excluding tert-OH is 1. The lowest BCUT2D eigenvalue weighted by molar-refractivity contribution is 0.0696. The molecule has 0 saturated carbocycles. The SMILES string of the molecule is CC(O)CCN(C)C(=O)Nc1cc(C(=O)O)ccc1F. The summed E-state index contributed by atoms with van der Waals surface area (Å²) < 4.78 is 13.5. The summed E-state index contributed by atoms with van der Waals surface area (Å²) in [5, 5.41) is 20.2. The minimum atomic E-state index is -1.21. The number of carbonyl (C=O) groups is 2. The van der Waals surface area contributed by atoms with Gasteiger partial charge in [-0.15, -0.1) is 0 Å². The molecule has 6 nitrogen and oxygen atoms in total. The second-order valence-corrected chi connectivity index (χ2v) is 4.49. The van der Waals surface area contributed by atoms with Gasteiger partial charge >= 0.3 is 12.0 Å². The molecule has 0 aliphatic heterocycles. The molecule has 1 atom stereocenters. The van der Waals surface area contributed by atoms with Crippen LogP contribution in [0.2, 0.25) is 0 Å². The second kappa shape index (κ2) is 6.85. The molecule has 3 N–H and O–H groups in total. The van der Waals surface area contributed by atoms with E-state index < -0.39 is 23.9 Å². The molecule has 0 fully saturated rings. The van der Waals surface area contributed by atoms with Gasteiger partial charge in [0.1, 0.15) is 5.82 Å². The maximum absolute atomic E-state index is 13.5. The minimum absolute atomic E-state index is 0.117. The number of halogens is 1. The van der Waals surface area contributed by atoms with Gasteiger partial charge in [0.05, 0.1) is 17.4 Å². The molecule has 1 unspecified atom stereocenters. The Kier molecular flexibility index (Phi) is 5.45. The standard InChI is InChI=1S/C13H17FN2O4/c1-8(17)5-6-16(2)13(20)15-11-7-9(12(18)19)3-4-10(11)14/h3-4,7-8,17H,5-6H2,1-2H3,(H,15,20)(H,18,19). The van der Waals surface area contributed by atoms with E-state index in [4.69, 9.17) is 10.2 Å². The van der Waals surface area contributed by atoms with Crippen LogP contribution in [0.5, 0.6) is 0 Å². The average molecular weight is 284 g/mol. The fraction of sp³-hybridized carbons (Fsp3) is 0.385. The number of hydrogen-bond acceptors (Lipinski definition) is 3. The minimum Gasteiger partial charge on any atom is -0.478 e. The molecule has 7 heteroatoms. The molecule has 0 radical (unpaired) electrons. The first kappa shape index (κ1) is 15.9. The average Bonchev–Trinajstić information content (AvgIpc) is 2.37. The smallest absolute Gasteiger partial charge is 0.335 e. The molecule has 0 spiro atoms. The van der Waals surface area contributed by atoms with Crippen molar-refractivity contribution in [3.63, 3.8) is 0 Å². The molecular weight excluding hydrogens is 267 g/mol. The lowest BCUT2D eigenvalue weighted by atomic mass is 10.2. The number of nitrogens with zero attached hydrogens (tertiary/aromatic N) is 1. The van der Waals surface area contributed by atoms with Crippen molar-refractivity contribution in [3.8, 4) is 0 Å².